The van der Waals surface area contributed by atoms with Crippen molar-refractivity contribution in [1.82, 2.24) is 0 Å². The maximum absolute atomic E-state index is 11.7. The van der Waals surface area contributed by atoms with Crippen molar-refractivity contribution in [2.75, 3.05) is 0 Å². The molecule has 0 unspecified atom stereocenters. The highest BCUT2D eigenvalue weighted by Crippen LogP contribution is 2.49. The van der Waals surface area contributed by atoms with Gasteiger partial charge in [-0.15, -0.1) is 0 Å². The number of benzene rings is 8. The van der Waals surface area contributed by atoms with E-state index in [1.165, 1.54) is 18.2 Å². The number of carboxylic acid groups (broad SMARTS) is 3. The summed E-state index contributed by atoms with van der Waals surface area (Å²) in [4.78, 5) is 35.0. The van der Waals surface area contributed by atoms with E-state index in [0.29, 0.717) is 49.0 Å². The predicted molar refractivity (Wildman–Crippen MR) is 206 cm³/mol. The summed E-state index contributed by atoms with van der Waals surface area (Å²) in [5.41, 5.74) is 0.720. The van der Waals surface area contributed by atoms with Gasteiger partial charge in [0.2, 0.25) is 0 Å². The second-order valence-electron chi connectivity index (χ2n) is 12.7. The molecule has 0 fully saturated rings. The van der Waals surface area contributed by atoms with E-state index < -0.39 is 29.4 Å². The van der Waals surface area contributed by atoms with Crippen molar-refractivity contribution >= 4 is 61.0 Å². The summed E-state index contributed by atoms with van der Waals surface area (Å²) >= 11 is 0. The third kappa shape index (κ3) is 5.77. The highest BCUT2D eigenvalue weighted by atomic mass is 16.4. The van der Waals surface area contributed by atoms with Gasteiger partial charge in [0.15, 0.2) is 0 Å². The van der Waals surface area contributed by atoms with Crippen LogP contribution in [0.25, 0.3) is 65.3 Å². The standard InChI is InChI=1S/C22H14O6.C22H16O4/c23-19-15(21(25)26)9-11-5-1-3-7-13(11)17(19)18-14-8-4-2-6-12(14)10-16(20(18)24)22(27)28;1-12-10-13-6-2-4-8-15(13)18(20(12)23)19-16-9-5-3-7-14(16)11-17(21(19)24)22(25)26/h1-10,23-24H,(H,25,26)(H,27,28);2-11,23-24H,1H3,(H,25,26). The lowest BCUT2D eigenvalue weighted by atomic mass is 9.89. The summed E-state index contributed by atoms with van der Waals surface area (Å²) in [5.74, 6) is -5.26. The fourth-order valence-electron chi connectivity index (χ4n) is 6.99. The second-order valence-corrected chi connectivity index (χ2v) is 12.7. The van der Waals surface area contributed by atoms with E-state index in [-0.39, 0.29) is 39.3 Å². The fraction of sp³-hybridized carbons (Fsp3) is 0.0227. The number of phenolic OH excluding ortho intramolecular Hbond substituents is 1. The number of hydrogen-bond acceptors (Lipinski definition) is 7. The highest BCUT2D eigenvalue weighted by Gasteiger charge is 2.26. The quantitative estimate of drug-likeness (QED) is 0.0901. The fourth-order valence-corrected chi connectivity index (χ4v) is 6.99. The summed E-state index contributed by atoms with van der Waals surface area (Å²) < 4.78 is 0. The number of carboxylic acids is 3. The monoisotopic (exact) mass is 718 g/mol. The smallest absolute Gasteiger partial charge is 0.339 e. The van der Waals surface area contributed by atoms with Gasteiger partial charge in [0.05, 0.1) is 0 Å². The van der Waals surface area contributed by atoms with Crippen molar-refractivity contribution < 1.29 is 50.1 Å². The van der Waals surface area contributed by atoms with Gasteiger partial charge >= 0.3 is 17.9 Å². The first-order valence-electron chi connectivity index (χ1n) is 16.5. The molecule has 10 nitrogen and oxygen atoms in total. The molecule has 0 bridgehead atoms. The molecule has 0 aliphatic rings. The molecule has 0 amide bonds. The van der Waals surface area contributed by atoms with Crippen LogP contribution in [0.15, 0.2) is 121 Å². The summed E-state index contributed by atoms with van der Waals surface area (Å²) in [6.45, 7) is 1.78. The first-order valence-corrected chi connectivity index (χ1v) is 16.5. The molecule has 54 heavy (non-hydrogen) atoms. The lowest BCUT2D eigenvalue weighted by molar-refractivity contribution is 0.0682. The number of fused-ring (bicyclic) bond motifs is 4. The Balaban J connectivity index is 0.000000167. The summed E-state index contributed by atoms with van der Waals surface area (Å²) in [6, 6.07) is 34.4. The maximum Gasteiger partial charge on any atom is 0.339 e. The van der Waals surface area contributed by atoms with Crippen LogP contribution in [0.4, 0.5) is 0 Å². The van der Waals surface area contributed by atoms with Crippen LogP contribution in [0.3, 0.4) is 0 Å². The molecule has 8 aromatic carbocycles. The van der Waals surface area contributed by atoms with Gasteiger partial charge in [-0.2, -0.15) is 0 Å². The Morgan fingerprint density at radius 3 is 0.889 bits per heavy atom. The van der Waals surface area contributed by atoms with Gasteiger partial charge < -0.3 is 35.7 Å². The van der Waals surface area contributed by atoms with Crippen molar-refractivity contribution in [3.05, 3.63) is 144 Å². The van der Waals surface area contributed by atoms with E-state index >= 15 is 0 Å². The molecule has 0 atom stereocenters. The van der Waals surface area contributed by atoms with E-state index in [1.54, 1.807) is 61.5 Å². The third-order valence-electron chi connectivity index (χ3n) is 9.47. The molecule has 8 aromatic rings. The highest BCUT2D eigenvalue weighted by molar-refractivity contribution is 6.16. The Morgan fingerprint density at radius 2 is 0.611 bits per heavy atom. The third-order valence-corrected chi connectivity index (χ3v) is 9.47. The van der Waals surface area contributed by atoms with Gasteiger partial charge in [-0.1, -0.05) is 97.1 Å². The van der Waals surface area contributed by atoms with Crippen LogP contribution in [0.1, 0.15) is 36.6 Å². The Hall–Kier alpha value is -7.59. The molecule has 0 aromatic heterocycles. The lowest BCUT2D eigenvalue weighted by Gasteiger charge is -2.17. The molecular formula is C44H30O10. The van der Waals surface area contributed by atoms with Crippen molar-refractivity contribution in [1.29, 1.82) is 0 Å². The number of rotatable bonds is 5. The number of hydrogen-bond donors (Lipinski definition) is 7. The summed E-state index contributed by atoms with van der Waals surface area (Å²) in [7, 11) is 0. The first kappa shape index (κ1) is 34.8. The van der Waals surface area contributed by atoms with Crippen LogP contribution in [0, 0.1) is 6.92 Å². The largest absolute Gasteiger partial charge is 0.507 e. The van der Waals surface area contributed by atoms with Crippen molar-refractivity contribution in [2.24, 2.45) is 0 Å². The molecule has 0 saturated carbocycles. The van der Waals surface area contributed by atoms with Crippen molar-refractivity contribution in [3.8, 4) is 45.3 Å². The number of aryl methyl sites for hydroxylation is 1. The summed E-state index contributed by atoms with van der Waals surface area (Å²) in [5, 5.41) is 76.8. The van der Waals surface area contributed by atoms with E-state index in [0.717, 1.165) is 10.8 Å². The predicted octanol–water partition coefficient (Wildman–Crippen LogP) is 9.55. The average molecular weight is 719 g/mol. The summed E-state index contributed by atoms with van der Waals surface area (Å²) in [6.07, 6.45) is 0. The topological polar surface area (TPSA) is 193 Å². The van der Waals surface area contributed by atoms with Crippen LogP contribution < -0.4 is 0 Å². The zero-order chi connectivity index (χ0) is 38.4. The number of phenols is 4. The van der Waals surface area contributed by atoms with Crippen LogP contribution >= 0.6 is 0 Å². The molecule has 0 saturated heterocycles. The number of carbonyl (C=O) groups is 3. The zero-order valence-electron chi connectivity index (χ0n) is 28.4. The van der Waals surface area contributed by atoms with Crippen LogP contribution in [-0.4, -0.2) is 53.7 Å². The van der Waals surface area contributed by atoms with Gasteiger partial charge in [-0.3, -0.25) is 0 Å². The molecule has 0 aliphatic carbocycles. The SMILES string of the molecule is Cc1cc2ccccc2c(-c2c(O)c(C(=O)O)cc3ccccc23)c1O.O=C(O)c1cc2ccccc2c(-c2c(O)c(C(=O)O)cc3ccccc23)c1O. The van der Waals surface area contributed by atoms with Crippen LogP contribution in [-0.2, 0) is 0 Å². The van der Waals surface area contributed by atoms with Gasteiger partial charge in [0.25, 0.3) is 0 Å². The van der Waals surface area contributed by atoms with Gasteiger partial charge in [-0.25, -0.2) is 14.4 Å². The van der Waals surface area contributed by atoms with Gasteiger partial charge in [-0.05, 0) is 79.8 Å². The number of aromatic carboxylic acids is 3. The first-order chi connectivity index (χ1) is 25.9. The van der Waals surface area contributed by atoms with Crippen LogP contribution in [0.5, 0.6) is 23.0 Å². The molecule has 266 valence electrons. The van der Waals surface area contributed by atoms with E-state index in [2.05, 4.69) is 0 Å². The van der Waals surface area contributed by atoms with Gasteiger partial charge in [0.1, 0.15) is 39.7 Å². The minimum absolute atomic E-state index is 0.0340. The molecule has 8 rings (SSSR count). The molecular weight excluding hydrogens is 688 g/mol. The molecule has 0 spiro atoms. The molecule has 10 heteroatoms. The zero-order valence-corrected chi connectivity index (χ0v) is 28.4. The average Bonchev–Trinajstić information content (AvgIpc) is 3.15. The maximum atomic E-state index is 11.7. The van der Waals surface area contributed by atoms with E-state index in [4.69, 9.17) is 0 Å². The Labute approximate surface area is 306 Å². The Morgan fingerprint density at radius 1 is 0.370 bits per heavy atom. The van der Waals surface area contributed by atoms with Crippen LogP contribution in [0.2, 0.25) is 0 Å². The minimum atomic E-state index is -1.33. The molecule has 7 N–H and O–H groups in total. The lowest BCUT2D eigenvalue weighted by Crippen LogP contribution is -2.01. The normalized spacial score (nSPS) is 11.1. The second kappa shape index (κ2) is 13.5. The molecule has 0 aliphatic heterocycles. The van der Waals surface area contributed by atoms with E-state index in [1.807, 2.05) is 48.5 Å². The van der Waals surface area contributed by atoms with Crippen molar-refractivity contribution in [2.45, 2.75) is 6.92 Å². The molecule has 0 heterocycles. The van der Waals surface area contributed by atoms with E-state index in [9.17, 15) is 50.1 Å². The Bertz CT molecular complexity index is 2770. The number of aromatic hydroxyl groups is 4. The molecule has 0 radical (unpaired) electrons. The van der Waals surface area contributed by atoms with Gasteiger partial charge in [0, 0.05) is 22.3 Å². The minimum Gasteiger partial charge on any atom is -0.507 e. The Kier molecular flexibility index (Phi) is 8.72. The van der Waals surface area contributed by atoms with Crippen molar-refractivity contribution in [3.63, 3.8) is 0 Å².